The third kappa shape index (κ3) is 2.24. The summed E-state index contributed by atoms with van der Waals surface area (Å²) in [6.07, 6.45) is 5.66. The van der Waals surface area contributed by atoms with Crippen molar-refractivity contribution in [2.45, 2.75) is 71.6 Å². The average molecular weight is 350 g/mol. The Labute approximate surface area is 148 Å². The van der Waals surface area contributed by atoms with Gasteiger partial charge >= 0.3 is 0 Å². The Morgan fingerprint density at radius 2 is 1.84 bits per heavy atom. The Bertz CT molecular complexity index is 667. The van der Waals surface area contributed by atoms with Gasteiger partial charge in [0.05, 0.1) is 0 Å². The highest BCUT2D eigenvalue weighted by atomic mass is 19.3. The quantitative estimate of drug-likeness (QED) is 0.669. The van der Waals surface area contributed by atoms with E-state index < -0.39 is 11.3 Å². The first-order valence-electron chi connectivity index (χ1n) is 9.73. The first-order chi connectivity index (χ1) is 11.6. The zero-order valence-corrected chi connectivity index (χ0v) is 15.4. The molecule has 0 heterocycles. The summed E-state index contributed by atoms with van der Waals surface area (Å²) in [5.74, 6) is -2.39. The lowest BCUT2D eigenvalue weighted by molar-refractivity contribution is -0.142. The molecule has 0 aromatic rings. The number of rotatable bonds is 1. The van der Waals surface area contributed by atoms with Gasteiger partial charge in [-0.05, 0) is 73.7 Å². The molecule has 3 fully saturated rings. The molecule has 0 unspecified atom stereocenters. The largest absolute Gasteiger partial charge is 0.300 e. The van der Waals surface area contributed by atoms with E-state index >= 15 is 8.78 Å². The molecule has 3 saturated carbocycles. The lowest BCUT2D eigenvalue weighted by atomic mass is 9.46. The van der Waals surface area contributed by atoms with Crippen molar-refractivity contribution in [3.05, 3.63) is 11.6 Å². The van der Waals surface area contributed by atoms with Crippen LogP contribution in [0.4, 0.5) is 8.78 Å². The van der Waals surface area contributed by atoms with Crippen LogP contribution in [0.5, 0.6) is 0 Å². The summed E-state index contributed by atoms with van der Waals surface area (Å²) in [4.78, 5) is 23.9. The van der Waals surface area contributed by atoms with Gasteiger partial charge in [0.2, 0.25) is 0 Å². The highest BCUT2D eigenvalue weighted by molar-refractivity contribution is 5.92. The Balaban J connectivity index is 1.75. The molecule has 4 rings (SSSR count). The summed E-state index contributed by atoms with van der Waals surface area (Å²) in [6, 6.07) is 0. The number of Topliss-reactive ketones (excluding diaryl/α,β-unsaturated/α-hetero) is 1. The van der Waals surface area contributed by atoms with Gasteiger partial charge in [-0.3, -0.25) is 9.59 Å². The minimum absolute atomic E-state index is 0.0322. The molecular weight excluding hydrogens is 322 g/mol. The van der Waals surface area contributed by atoms with E-state index in [-0.39, 0.29) is 52.6 Å². The summed E-state index contributed by atoms with van der Waals surface area (Å²) >= 11 is 0. The highest BCUT2D eigenvalue weighted by Crippen LogP contribution is 2.68. The van der Waals surface area contributed by atoms with Gasteiger partial charge in [0, 0.05) is 24.3 Å². The topological polar surface area (TPSA) is 34.1 Å². The molecule has 6 atom stereocenters. The maximum absolute atomic E-state index is 15.1. The zero-order chi connectivity index (χ0) is 18.2. The summed E-state index contributed by atoms with van der Waals surface area (Å²) in [7, 11) is 0. The third-order valence-electron chi connectivity index (χ3n) is 8.44. The highest BCUT2D eigenvalue weighted by Gasteiger charge is 2.65. The fraction of sp³-hybridized carbons (Fsp3) is 0.810. The van der Waals surface area contributed by atoms with Crippen LogP contribution in [0.25, 0.3) is 0 Å². The number of carbonyl (C=O) groups is 2. The number of allylic oxidation sites excluding steroid dienone is 1. The van der Waals surface area contributed by atoms with E-state index in [1.165, 1.54) is 6.08 Å². The van der Waals surface area contributed by atoms with E-state index in [4.69, 9.17) is 0 Å². The van der Waals surface area contributed by atoms with E-state index in [0.29, 0.717) is 12.8 Å². The van der Waals surface area contributed by atoms with Gasteiger partial charge in [-0.25, -0.2) is 8.78 Å². The number of hydrogen-bond donors (Lipinski definition) is 0. The van der Waals surface area contributed by atoms with Gasteiger partial charge in [0.15, 0.2) is 5.78 Å². The smallest absolute Gasteiger partial charge is 0.270 e. The molecule has 0 amide bonds. The Morgan fingerprint density at radius 3 is 2.52 bits per heavy atom. The molecule has 0 bridgehead atoms. The van der Waals surface area contributed by atoms with Gasteiger partial charge in [-0.2, -0.15) is 0 Å². The van der Waals surface area contributed by atoms with Crippen LogP contribution in [-0.4, -0.2) is 17.5 Å². The molecule has 0 saturated heterocycles. The molecule has 138 valence electrons. The van der Waals surface area contributed by atoms with Gasteiger partial charge in [-0.15, -0.1) is 0 Å². The molecular formula is C21H28F2O2. The van der Waals surface area contributed by atoms with Crippen LogP contribution >= 0.6 is 0 Å². The lowest BCUT2D eigenvalue weighted by Crippen LogP contribution is -2.56. The summed E-state index contributed by atoms with van der Waals surface area (Å²) in [5.41, 5.74) is -0.580. The van der Waals surface area contributed by atoms with Crippen molar-refractivity contribution in [1.82, 2.24) is 0 Å². The van der Waals surface area contributed by atoms with Crippen molar-refractivity contribution in [1.29, 1.82) is 0 Å². The molecule has 0 aromatic heterocycles. The van der Waals surface area contributed by atoms with Crippen LogP contribution in [0, 0.1) is 34.5 Å². The molecule has 0 aromatic carbocycles. The number of halogens is 2. The third-order valence-corrected chi connectivity index (χ3v) is 8.44. The molecule has 4 heteroatoms. The summed E-state index contributed by atoms with van der Waals surface area (Å²) in [5, 5.41) is 0. The molecule has 0 aliphatic heterocycles. The van der Waals surface area contributed by atoms with Gasteiger partial charge < -0.3 is 0 Å². The van der Waals surface area contributed by atoms with Crippen LogP contribution < -0.4 is 0 Å². The second-order valence-electron chi connectivity index (χ2n) is 9.51. The van der Waals surface area contributed by atoms with Crippen LogP contribution in [0.1, 0.15) is 65.7 Å². The molecule has 4 aliphatic rings. The molecule has 2 nitrogen and oxygen atoms in total. The maximum atomic E-state index is 15.1. The standard InChI is InChI=1S/C21H28F2O2/c1-12(24)15-4-5-16-14-11-21(22,23)18-10-13(25)6-8-20(18,3)17(14)7-9-19(15,16)2/h10,14-17H,4-9,11H2,1-3H3/t14-,15+,16-,17-,19+,20+/m0/s1. The minimum Gasteiger partial charge on any atom is -0.300 e. The van der Waals surface area contributed by atoms with Crippen LogP contribution in [0.15, 0.2) is 11.6 Å². The van der Waals surface area contributed by atoms with Crippen molar-refractivity contribution in [3.63, 3.8) is 0 Å². The number of alkyl halides is 2. The van der Waals surface area contributed by atoms with Crippen LogP contribution in [0.3, 0.4) is 0 Å². The van der Waals surface area contributed by atoms with Gasteiger partial charge in [0.25, 0.3) is 5.92 Å². The van der Waals surface area contributed by atoms with E-state index in [1.807, 2.05) is 6.92 Å². The summed E-state index contributed by atoms with van der Waals surface area (Å²) in [6.45, 7) is 5.80. The van der Waals surface area contributed by atoms with Gasteiger partial charge in [0.1, 0.15) is 5.78 Å². The van der Waals surface area contributed by atoms with Crippen LogP contribution in [-0.2, 0) is 9.59 Å². The Kier molecular flexibility index (Phi) is 3.63. The molecule has 0 radical (unpaired) electrons. The first-order valence-corrected chi connectivity index (χ1v) is 9.73. The second-order valence-corrected chi connectivity index (χ2v) is 9.51. The fourth-order valence-corrected chi connectivity index (χ4v) is 7.26. The van der Waals surface area contributed by atoms with Crippen LogP contribution in [0.2, 0.25) is 0 Å². The second kappa shape index (κ2) is 5.23. The van der Waals surface area contributed by atoms with Gasteiger partial charge in [-0.1, -0.05) is 13.8 Å². The molecule has 4 aliphatic carbocycles. The number of hydrogen-bond acceptors (Lipinski definition) is 2. The lowest BCUT2D eigenvalue weighted by Gasteiger charge is -2.59. The zero-order valence-electron chi connectivity index (χ0n) is 15.4. The maximum Gasteiger partial charge on any atom is 0.270 e. The number of fused-ring (bicyclic) bond motifs is 5. The minimum atomic E-state index is -2.89. The van der Waals surface area contributed by atoms with Crippen molar-refractivity contribution in [3.8, 4) is 0 Å². The molecule has 25 heavy (non-hydrogen) atoms. The van der Waals surface area contributed by atoms with Crippen molar-refractivity contribution < 1.29 is 18.4 Å². The molecule has 0 spiro atoms. The van der Waals surface area contributed by atoms with E-state index in [1.54, 1.807) is 6.92 Å². The van der Waals surface area contributed by atoms with Crippen molar-refractivity contribution >= 4 is 11.6 Å². The number of ketones is 2. The van der Waals surface area contributed by atoms with E-state index in [0.717, 1.165) is 25.7 Å². The van der Waals surface area contributed by atoms with E-state index in [2.05, 4.69) is 6.92 Å². The normalized spacial score (nSPS) is 48.2. The predicted molar refractivity (Wildman–Crippen MR) is 91.2 cm³/mol. The van der Waals surface area contributed by atoms with Crippen molar-refractivity contribution in [2.75, 3.05) is 0 Å². The van der Waals surface area contributed by atoms with Crippen molar-refractivity contribution in [2.24, 2.45) is 34.5 Å². The monoisotopic (exact) mass is 350 g/mol. The first kappa shape index (κ1) is 17.4. The Morgan fingerprint density at radius 1 is 1.12 bits per heavy atom. The SMILES string of the molecule is CC(=O)[C@H]1CC[C@H]2[C@@H]3CC(F)(F)C4=CC(=O)CC[C@]4(C)[C@H]3CC[C@]12C. The van der Waals surface area contributed by atoms with E-state index in [9.17, 15) is 9.59 Å². The summed E-state index contributed by atoms with van der Waals surface area (Å²) < 4.78 is 30.2. The fourth-order valence-electron chi connectivity index (χ4n) is 7.26. The Hall–Kier alpha value is -1.06. The predicted octanol–water partition coefficient (Wildman–Crippen LogP) is 4.97. The molecule has 0 N–H and O–H groups in total. The number of carbonyl (C=O) groups excluding carboxylic acids is 2. The average Bonchev–Trinajstić information content (AvgIpc) is 2.86.